The molecule has 2 N–H and O–H groups in total. The molecule has 0 aliphatic rings. The summed E-state index contributed by atoms with van der Waals surface area (Å²) in [5, 5.41) is 3.31. The first-order chi connectivity index (χ1) is 6.22. The Morgan fingerprint density at radius 3 is 2.92 bits per heavy atom. The van der Waals surface area contributed by atoms with Gasteiger partial charge in [-0.3, -0.25) is 0 Å². The second-order valence-electron chi connectivity index (χ2n) is 3.42. The second kappa shape index (κ2) is 5.35. The van der Waals surface area contributed by atoms with Gasteiger partial charge in [0.05, 0.1) is 10.7 Å². The predicted octanol–water partition coefficient (Wildman–Crippen LogP) is 2.51. The summed E-state index contributed by atoms with van der Waals surface area (Å²) in [5.41, 5.74) is 7.05. The highest BCUT2D eigenvalue weighted by Gasteiger charge is 2.01. The van der Waals surface area contributed by atoms with E-state index in [0.29, 0.717) is 6.04 Å². The molecule has 1 aromatic heterocycles. The van der Waals surface area contributed by atoms with Crippen molar-refractivity contribution in [3.05, 3.63) is 16.1 Å². The van der Waals surface area contributed by atoms with Crippen LogP contribution >= 0.6 is 11.3 Å². The van der Waals surface area contributed by atoms with Gasteiger partial charge in [-0.15, -0.1) is 11.3 Å². The van der Waals surface area contributed by atoms with E-state index in [1.54, 1.807) is 11.3 Å². The van der Waals surface area contributed by atoms with Gasteiger partial charge in [0.2, 0.25) is 0 Å². The smallest absolute Gasteiger partial charge is 0.0897 e. The third-order valence-electron chi connectivity index (χ3n) is 2.20. The third-order valence-corrected chi connectivity index (χ3v) is 3.02. The lowest BCUT2D eigenvalue weighted by Crippen LogP contribution is -2.18. The Kier molecular flexibility index (Phi) is 4.39. The SMILES string of the molecule is CCC(N)CCCc1csc(C)n1. The number of thiazole rings is 1. The van der Waals surface area contributed by atoms with Crippen molar-refractivity contribution in [2.45, 2.75) is 45.6 Å². The zero-order valence-electron chi connectivity index (χ0n) is 8.42. The molecule has 0 fully saturated rings. The van der Waals surface area contributed by atoms with Crippen LogP contribution in [0.2, 0.25) is 0 Å². The Labute approximate surface area is 84.2 Å². The van der Waals surface area contributed by atoms with Crippen molar-refractivity contribution in [1.29, 1.82) is 0 Å². The van der Waals surface area contributed by atoms with E-state index >= 15 is 0 Å². The molecule has 0 aliphatic carbocycles. The van der Waals surface area contributed by atoms with E-state index in [0.717, 1.165) is 30.7 Å². The lowest BCUT2D eigenvalue weighted by molar-refractivity contribution is 0.566. The van der Waals surface area contributed by atoms with Crippen LogP contribution in [0.1, 0.15) is 36.9 Å². The summed E-state index contributed by atoms with van der Waals surface area (Å²) in [6.07, 6.45) is 4.44. The first-order valence-corrected chi connectivity index (χ1v) is 5.77. The molecule has 0 bridgehead atoms. The molecule has 0 radical (unpaired) electrons. The van der Waals surface area contributed by atoms with E-state index in [4.69, 9.17) is 5.73 Å². The molecule has 2 nitrogen and oxygen atoms in total. The van der Waals surface area contributed by atoms with Crippen LogP contribution in [0.4, 0.5) is 0 Å². The Bertz CT molecular complexity index is 245. The van der Waals surface area contributed by atoms with Crippen LogP contribution < -0.4 is 5.73 Å². The van der Waals surface area contributed by atoms with E-state index in [-0.39, 0.29) is 0 Å². The quantitative estimate of drug-likeness (QED) is 0.789. The van der Waals surface area contributed by atoms with Gasteiger partial charge >= 0.3 is 0 Å². The Morgan fingerprint density at radius 1 is 1.62 bits per heavy atom. The number of rotatable bonds is 5. The molecule has 1 unspecified atom stereocenters. The van der Waals surface area contributed by atoms with Crippen LogP contribution in [-0.2, 0) is 6.42 Å². The second-order valence-corrected chi connectivity index (χ2v) is 4.48. The van der Waals surface area contributed by atoms with Gasteiger partial charge < -0.3 is 5.73 Å². The van der Waals surface area contributed by atoms with Gasteiger partial charge in [-0.1, -0.05) is 6.92 Å². The van der Waals surface area contributed by atoms with E-state index in [1.165, 1.54) is 5.69 Å². The lowest BCUT2D eigenvalue weighted by atomic mass is 10.1. The largest absolute Gasteiger partial charge is 0.328 e. The minimum absolute atomic E-state index is 0.375. The fraction of sp³-hybridized carbons (Fsp3) is 0.700. The first kappa shape index (κ1) is 10.7. The summed E-state index contributed by atoms with van der Waals surface area (Å²) in [6, 6.07) is 0.375. The zero-order chi connectivity index (χ0) is 9.68. The molecule has 0 spiro atoms. The molecule has 13 heavy (non-hydrogen) atoms. The molecular formula is C10H18N2S. The first-order valence-electron chi connectivity index (χ1n) is 4.89. The highest BCUT2D eigenvalue weighted by molar-refractivity contribution is 7.09. The maximum absolute atomic E-state index is 5.82. The zero-order valence-corrected chi connectivity index (χ0v) is 9.23. The highest BCUT2D eigenvalue weighted by atomic mass is 32.1. The van der Waals surface area contributed by atoms with Crippen LogP contribution in [-0.4, -0.2) is 11.0 Å². The Hall–Kier alpha value is -0.410. The molecule has 1 heterocycles. The van der Waals surface area contributed by atoms with E-state index in [2.05, 4.69) is 17.3 Å². The summed E-state index contributed by atoms with van der Waals surface area (Å²) in [6.45, 7) is 4.18. The molecule has 1 aromatic rings. The average molecular weight is 198 g/mol. The van der Waals surface area contributed by atoms with Crippen molar-refractivity contribution in [3.8, 4) is 0 Å². The predicted molar refractivity (Wildman–Crippen MR) is 58.1 cm³/mol. The molecule has 1 rings (SSSR count). The highest BCUT2D eigenvalue weighted by Crippen LogP contribution is 2.11. The molecule has 3 heteroatoms. The van der Waals surface area contributed by atoms with Crippen molar-refractivity contribution >= 4 is 11.3 Å². The number of aryl methyl sites for hydroxylation is 2. The Morgan fingerprint density at radius 2 is 2.38 bits per heavy atom. The minimum atomic E-state index is 0.375. The molecule has 1 atom stereocenters. The van der Waals surface area contributed by atoms with Crippen LogP contribution in [0, 0.1) is 6.92 Å². The van der Waals surface area contributed by atoms with Gasteiger partial charge in [0.25, 0.3) is 0 Å². The molecular weight excluding hydrogens is 180 g/mol. The van der Waals surface area contributed by atoms with Gasteiger partial charge in [0, 0.05) is 11.4 Å². The topological polar surface area (TPSA) is 38.9 Å². The van der Waals surface area contributed by atoms with E-state index in [1.807, 2.05) is 6.92 Å². The number of nitrogens with zero attached hydrogens (tertiary/aromatic N) is 1. The molecule has 0 aliphatic heterocycles. The van der Waals surface area contributed by atoms with Crippen molar-refractivity contribution in [1.82, 2.24) is 4.98 Å². The van der Waals surface area contributed by atoms with E-state index < -0.39 is 0 Å². The molecule has 0 amide bonds. The van der Waals surface area contributed by atoms with Crippen LogP contribution in [0.15, 0.2) is 5.38 Å². The number of nitrogens with two attached hydrogens (primary N) is 1. The Balaban J connectivity index is 2.20. The molecule has 0 saturated heterocycles. The van der Waals surface area contributed by atoms with Crippen LogP contribution in [0.3, 0.4) is 0 Å². The number of hydrogen-bond acceptors (Lipinski definition) is 3. The monoisotopic (exact) mass is 198 g/mol. The molecule has 0 aromatic carbocycles. The van der Waals surface area contributed by atoms with Crippen molar-refractivity contribution in [2.24, 2.45) is 5.73 Å². The van der Waals surface area contributed by atoms with Gasteiger partial charge in [0.15, 0.2) is 0 Å². The standard InChI is InChI=1S/C10H18N2S/c1-3-9(11)5-4-6-10-7-13-8(2)12-10/h7,9H,3-6,11H2,1-2H3. The fourth-order valence-electron chi connectivity index (χ4n) is 1.27. The van der Waals surface area contributed by atoms with Gasteiger partial charge in [-0.25, -0.2) is 4.98 Å². The normalized spacial score (nSPS) is 13.2. The van der Waals surface area contributed by atoms with Crippen LogP contribution in [0.5, 0.6) is 0 Å². The molecule has 74 valence electrons. The summed E-state index contributed by atoms with van der Waals surface area (Å²) in [7, 11) is 0. The third kappa shape index (κ3) is 3.87. The van der Waals surface area contributed by atoms with Gasteiger partial charge in [-0.2, -0.15) is 0 Å². The van der Waals surface area contributed by atoms with Gasteiger partial charge in [0.1, 0.15) is 0 Å². The van der Waals surface area contributed by atoms with Crippen molar-refractivity contribution in [3.63, 3.8) is 0 Å². The number of aromatic nitrogens is 1. The summed E-state index contributed by atoms with van der Waals surface area (Å²) in [5.74, 6) is 0. The fourth-order valence-corrected chi connectivity index (χ4v) is 1.92. The maximum Gasteiger partial charge on any atom is 0.0897 e. The summed E-state index contributed by atoms with van der Waals surface area (Å²) >= 11 is 1.73. The van der Waals surface area contributed by atoms with Crippen LogP contribution in [0.25, 0.3) is 0 Å². The summed E-state index contributed by atoms with van der Waals surface area (Å²) in [4.78, 5) is 4.41. The lowest BCUT2D eigenvalue weighted by Gasteiger charge is -2.06. The maximum atomic E-state index is 5.82. The van der Waals surface area contributed by atoms with E-state index in [9.17, 15) is 0 Å². The average Bonchev–Trinajstić information content (AvgIpc) is 2.51. The summed E-state index contributed by atoms with van der Waals surface area (Å²) < 4.78 is 0. The van der Waals surface area contributed by atoms with Crippen molar-refractivity contribution < 1.29 is 0 Å². The number of hydrogen-bond donors (Lipinski definition) is 1. The minimum Gasteiger partial charge on any atom is -0.328 e. The molecule has 0 saturated carbocycles. The van der Waals surface area contributed by atoms with Crippen molar-refractivity contribution in [2.75, 3.05) is 0 Å². The van der Waals surface area contributed by atoms with Gasteiger partial charge in [-0.05, 0) is 32.6 Å².